The van der Waals surface area contributed by atoms with E-state index in [4.69, 9.17) is 27.7 Å². The first-order valence-electron chi connectivity index (χ1n) is 4.89. The maximum atomic E-state index is 6.07. The molecule has 0 amide bonds. The molecular weight excluding hydrogens is 277 g/mol. The minimum absolute atomic E-state index is 0.272. The van der Waals surface area contributed by atoms with Crippen molar-refractivity contribution in [1.29, 1.82) is 0 Å². The molecule has 3 rings (SSSR count). The molecule has 0 atom stereocenters. The lowest BCUT2D eigenvalue weighted by Gasteiger charge is -1.99. The van der Waals surface area contributed by atoms with E-state index in [2.05, 4.69) is 25.3 Å². The van der Waals surface area contributed by atoms with E-state index < -0.39 is 0 Å². The number of hydrogen-bond donors (Lipinski definition) is 1. The Morgan fingerprint density at radius 3 is 2.89 bits per heavy atom. The van der Waals surface area contributed by atoms with Gasteiger partial charge in [-0.15, -0.1) is 0 Å². The highest BCUT2D eigenvalue weighted by molar-refractivity contribution is 6.43. The highest BCUT2D eigenvalue weighted by atomic mass is 35.5. The minimum Gasteiger partial charge on any atom is -0.333 e. The van der Waals surface area contributed by atoms with Gasteiger partial charge in [0.2, 0.25) is 5.82 Å². The van der Waals surface area contributed by atoms with Crippen LogP contribution in [0.4, 0.5) is 0 Å². The predicted molar refractivity (Wildman–Crippen MR) is 65.1 cm³/mol. The first-order chi connectivity index (χ1) is 8.75. The normalized spacial score (nSPS) is 10.8. The van der Waals surface area contributed by atoms with Gasteiger partial charge in [0, 0.05) is 0 Å². The second-order valence-electron chi connectivity index (χ2n) is 3.36. The Balaban J connectivity index is 2.06. The Hall–Kier alpha value is -1.92. The zero-order valence-corrected chi connectivity index (χ0v) is 10.3. The van der Waals surface area contributed by atoms with Gasteiger partial charge in [-0.05, 0) is 12.1 Å². The fourth-order valence-electron chi connectivity index (χ4n) is 1.41. The van der Waals surface area contributed by atoms with Crippen LogP contribution in [-0.4, -0.2) is 25.3 Å². The molecule has 90 valence electrons. The van der Waals surface area contributed by atoms with E-state index in [-0.39, 0.29) is 5.89 Å². The van der Waals surface area contributed by atoms with Crippen LogP contribution < -0.4 is 0 Å². The third kappa shape index (κ3) is 1.85. The number of nitrogens with one attached hydrogen (secondary N) is 1. The standard InChI is InChI=1S/C10H5Cl2N5O/c11-6-3-1-2-5(7(6)12)10-15-9(17-18-10)8-13-4-14-16-8/h1-4H,(H,13,14,16). The van der Waals surface area contributed by atoms with Gasteiger partial charge in [0.25, 0.3) is 5.89 Å². The summed E-state index contributed by atoms with van der Waals surface area (Å²) in [7, 11) is 0. The summed E-state index contributed by atoms with van der Waals surface area (Å²) in [6, 6.07) is 5.18. The van der Waals surface area contributed by atoms with Crippen LogP contribution in [0.2, 0.25) is 10.0 Å². The molecule has 0 aliphatic carbocycles. The van der Waals surface area contributed by atoms with Crippen molar-refractivity contribution in [3.05, 3.63) is 34.6 Å². The lowest BCUT2D eigenvalue weighted by atomic mass is 10.2. The van der Waals surface area contributed by atoms with Crippen LogP contribution in [0.25, 0.3) is 23.1 Å². The fraction of sp³-hybridized carbons (Fsp3) is 0. The van der Waals surface area contributed by atoms with Crippen LogP contribution in [0.3, 0.4) is 0 Å². The Labute approximate surface area is 111 Å². The Morgan fingerprint density at radius 2 is 2.11 bits per heavy atom. The van der Waals surface area contributed by atoms with Gasteiger partial charge in [-0.25, -0.2) is 4.98 Å². The van der Waals surface area contributed by atoms with E-state index in [1.807, 2.05) is 0 Å². The van der Waals surface area contributed by atoms with Crippen molar-refractivity contribution < 1.29 is 4.52 Å². The van der Waals surface area contributed by atoms with Gasteiger partial charge in [0.15, 0.2) is 5.82 Å². The van der Waals surface area contributed by atoms with Crippen LogP contribution in [0, 0.1) is 0 Å². The number of halogens is 2. The molecule has 0 aliphatic rings. The number of benzene rings is 1. The topological polar surface area (TPSA) is 80.5 Å². The Bertz CT molecular complexity index is 679. The highest BCUT2D eigenvalue weighted by Crippen LogP contribution is 2.32. The van der Waals surface area contributed by atoms with Crippen molar-refractivity contribution >= 4 is 23.2 Å². The van der Waals surface area contributed by atoms with E-state index in [9.17, 15) is 0 Å². The van der Waals surface area contributed by atoms with Gasteiger partial charge in [-0.3, -0.25) is 5.10 Å². The van der Waals surface area contributed by atoms with Crippen molar-refractivity contribution in [2.24, 2.45) is 0 Å². The zero-order valence-electron chi connectivity index (χ0n) is 8.76. The first-order valence-corrected chi connectivity index (χ1v) is 5.65. The molecular formula is C10H5Cl2N5O. The molecule has 6 nitrogen and oxygen atoms in total. The molecule has 1 aromatic carbocycles. The molecule has 0 aliphatic heterocycles. The van der Waals surface area contributed by atoms with Crippen molar-refractivity contribution in [2.45, 2.75) is 0 Å². The molecule has 18 heavy (non-hydrogen) atoms. The van der Waals surface area contributed by atoms with Gasteiger partial charge in [-0.1, -0.05) is 34.4 Å². The number of aromatic amines is 1. The monoisotopic (exact) mass is 281 g/mol. The van der Waals surface area contributed by atoms with Crippen molar-refractivity contribution in [1.82, 2.24) is 25.3 Å². The van der Waals surface area contributed by atoms with Gasteiger partial charge < -0.3 is 4.52 Å². The number of rotatable bonds is 2. The molecule has 3 aromatic rings. The second-order valence-corrected chi connectivity index (χ2v) is 4.14. The molecule has 0 bridgehead atoms. The van der Waals surface area contributed by atoms with Crippen molar-refractivity contribution in [2.75, 3.05) is 0 Å². The molecule has 0 saturated carbocycles. The van der Waals surface area contributed by atoms with Crippen LogP contribution in [0.1, 0.15) is 0 Å². The number of nitrogens with zero attached hydrogens (tertiary/aromatic N) is 4. The summed E-state index contributed by atoms with van der Waals surface area (Å²) in [4.78, 5) is 8.09. The van der Waals surface area contributed by atoms with Crippen LogP contribution in [-0.2, 0) is 0 Å². The van der Waals surface area contributed by atoms with E-state index in [0.717, 1.165) is 0 Å². The average Bonchev–Trinajstić information content (AvgIpc) is 3.01. The highest BCUT2D eigenvalue weighted by Gasteiger charge is 2.16. The number of aromatic nitrogens is 5. The van der Waals surface area contributed by atoms with Crippen molar-refractivity contribution in [3.63, 3.8) is 0 Å². The number of hydrogen-bond acceptors (Lipinski definition) is 5. The van der Waals surface area contributed by atoms with Crippen molar-refractivity contribution in [3.8, 4) is 23.1 Å². The number of H-pyrrole nitrogens is 1. The molecule has 2 heterocycles. The summed E-state index contributed by atoms with van der Waals surface area (Å²) in [6.45, 7) is 0. The minimum atomic E-state index is 0.272. The molecule has 0 spiro atoms. The smallest absolute Gasteiger partial charge is 0.259 e. The summed E-state index contributed by atoms with van der Waals surface area (Å²) in [6.07, 6.45) is 1.36. The zero-order chi connectivity index (χ0) is 12.5. The summed E-state index contributed by atoms with van der Waals surface area (Å²) in [5.41, 5.74) is 0.572. The van der Waals surface area contributed by atoms with E-state index in [0.29, 0.717) is 27.3 Å². The van der Waals surface area contributed by atoms with E-state index >= 15 is 0 Å². The summed E-state index contributed by atoms with van der Waals surface area (Å²) in [5.74, 6) is 0.996. The quantitative estimate of drug-likeness (QED) is 0.781. The van der Waals surface area contributed by atoms with Crippen LogP contribution in [0.15, 0.2) is 29.0 Å². The largest absolute Gasteiger partial charge is 0.333 e. The molecule has 2 aromatic heterocycles. The van der Waals surface area contributed by atoms with Gasteiger partial charge in [0.05, 0.1) is 15.6 Å². The molecule has 0 saturated heterocycles. The Morgan fingerprint density at radius 1 is 1.22 bits per heavy atom. The molecule has 0 unspecified atom stereocenters. The predicted octanol–water partition coefficient (Wildman–Crippen LogP) is 2.83. The fourth-order valence-corrected chi connectivity index (χ4v) is 1.79. The third-order valence-electron chi connectivity index (χ3n) is 2.23. The molecule has 0 fully saturated rings. The summed E-state index contributed by atoms with van der Waals surface area (Å²) in [5, 5.41) is 10.9. The average molecular weight is 282 g/mol. The lowest BCUT2D eigenvalue weighted by Crippen LogP contribution is -1.84. The van der Waals surface area contributed by atoms with Gasteiger partial charge >= 0.3 is 0 Å². The van der Waals surface area contributed by atoms with Gasteiger partial charge in [0.1, 0.15) is 6.33 Å². The first kappa shape index (κ1) is 11.2. The van der Waals surface area contributed by atoms with Crippen LogP contribution >= 0.6 is 23.2 Å². The SMILES string of the molecule is Clc1cccc(-c2nc(-c3ncn[nH]3)no2)c1Cl. The molecule has 8 heteroatoms. The third-order valence-corrected chi connectivity index (χ3v) is 3.05. The maximum absolute atomic E-state index is 6.07. The molecule has 0 radical (unpaired) electrons. The lowest BCUT2D eigenvalue weighted by molar-refractivity contribution is 0.432. The second kappa shape index (κ2) is 4.40. The molecule has 1 N–H and O–H groups in total. The van der Waals surface area contributed by atoms with E-state index in [1.54, 1.807) is 18.2 Å². The van der Waals surface area contributed by atoms with Crippen LogP contribution in [0.5, 0.6) is 0 Å². The Kier molecular flexibility index (Phi) is 2.73. The maximum Gasteiger partial charge on any atom is 0.259 e. The summed E-state index contributed by atoms with van der Waals surface area (Å²) >= 11 is 12.0. The summed E-state index contributed by atoms with van der Waals surface area (Å²) < 4.78 is 5.12. The van der Waals surface area contributed by atoms with E-state index in [1.165, 1.54) is 6.33 Å². The van der Waals surface area contributed by atoms with Gasteiger partial charge in [-0.2, -0.15) is 10.1 Å².